The number of ether oxygens (including phenoxy) is 1. The zero-order chi connectivity index (χ0) is 28.4. The van der Waals surface area contributed by atoms with Crippen LogP contribution in [0.3, 0.4) is 0 Å². The van der Waals surface area contributed by atoms with E-state index in [1.807, 2.05) is 18.2 Å². The Morgan fingerprint density at radius 3 is 2.46 bits per heavy atom. The van der Waals surface area contributed by atoms with Gasteiger partial charge in [-0.1, -0.05) is 12.8 Å². The maximum Gasteiger partial charge on any atom is 0.271 e. The van der Waals surface area contributed by atoms with Crippen LogP contribution in [0.5, 0.6) is 5.75 Å². The van der Waals surface area contributed by atoms with Crippen LogP contribution in [0.2, 0.25) is 0 Å². The van der Waals surface area contributed by atoms with Gasteiger partial charge in [0.2, 0.25) is 0 Å². The van der Waals surface area contributed by atoms with Crippen LogP contribution in [-0.2, 0) is 4.52 Å². The number of aromatic nitrogens is 1. The van der Waals surface area contributed by atoms with E-state index in [0.29, 0.717) is 30.6 Å². The quantitative estimate of drug-likeness (QED) is 0.0633. The number of hydrogen-bond donors (Lipinski definition) is 1. The number of pyridine rings is 1. The lowest BCUT2D eigenvalue weighted by Gasteiger charge is -2.37. The number of methoxy groups -OCH3 is 1. The first-order valence-corrected chi connectivity index (χ1v) is 15.0. The predicted octanol–water partition coefficient (Wildman–Crippen LogP) is 7.64. The monoisotopic (exact) mass is 553 g/mol. The summed E-state index contributed by atoms with van der Waals surface area (Å²) >= 11 is 0. The Bertz CT molecular complexity index is 1290. The summed E-state index contributed by atoms with van der Waals surface area (Å²) in [6, 6.07) is 13.5. The van der Waals surface area contributed by atoms with Crippen LogP contribution in [0.15, 0.2) is 36.4 Å². The lowest BCUT2D eigenvalue weighted by molar-refractivity contribution is -0.384. The molecule has 1 atom stereocenters. The molecular weight excluding hydrogens is 513 g/mol. The third kappa shape index (κ3) is 8.22. The predicted molar refractivity (Wildman–Crippen MR) is 159 cm³/mol. The smallest absolute Gasteiger partial charge is 0.271 e. The van der Waals surface area contributed by atoms with Crippen molar-refractivity contribution in [3.05, 3.63) is 46.5 Å². The number of unbranched alkanes of at least 4 members (excludes halogenated alkanes) is 3. The number of benzene rings is 2. The van der Waals surface area contributed by atoms with Crippen molar-refractivity contribution in [2.45, 2.75) is 71.9 Å². The molecular formula is C29H40N5O4P. The minimum absolute atomic E-state index is 0.0267. The Morgan fingerprint density at radius 1 is 1.05 bits per heavy atom. The normalized spacial score (nSPS) is 12.4. The highest BCUT2D eigenvalue weighted by Crippen LogP contribution is 2.45. The van der Waals surface area contributed by atoms with E-state index in [4.69, 9.17) is 14.5 Å². The molecule has 3 rings (SSSR count). The Kier molecular flexibility index (Phi) is 11.7. The molecule has 0 fully saturated rings. The summed E-state index contributed by atoms with van der Waals surface area (Å²) in [6.07, 6.45) is 5.68. The molecule has 1 heterocycles. The molecule has 0 aliphatic rings. The maximum absolute atomic E-state index is 11.3. The van der Waals surface area contributed by atoms with E-state index in [-0.39, 0.29) is 5.69 Å². The maximum atomic E-state index is 11.3. The summed E-state index contributed by atoms with van der Waals surface area (Å²) in [7, 11) is 0.905. The van der Waals surface area contributed by atoms with Crippen molar-refractivity contribution in [2.24, 2.45) is 0 Å². The second kappa shape index (κ2) is 14.9. The zero-order valence-electron chi connectivity index (χ0n) is 23.6. The molecule has 10 heteroatoms. The minimum Gasteiger partial charge on any atom is -0.497 e. The number of nitriles is 1. The molecule has 0 spiro atoms. The molecule has 0 aliphatic carbocycles. The van der Waals surface area contributed by atoms with Gasteiger partial charge in [0.05, 0.1) is 47.9 Å². The van der Waals surface area contributed by atoms with Crippen LogP contribution in [0.1, 0.15) is 59.8 Å². The first-order valence-electron chi connectivity index (χ1n) is 13.6. The minimum atomic E-state index is -0.728. The largest absolute Gasteiger partial charge is 0.497 e. The van der Waals surface area contributed by atoms with Crippen LogP contribution >= 0.6 is 8.30 Å². The number of fused-ring (bicyclic) bond motifs is 2. The SMILES string of the molecule is COc1ccc2nc3cc([N+](=O)[O-])ccc3c(NCCCCCCP(OCCC#N)N(C(C)C)C(C)C)c2c1. The van der Waals surface area contributed by atoms with Crippen molar-refractivity contribution < 1.29 is 14.2 Å². The van der Waals surface area contributed by atoms with E-state index >= 15 is 0 Å². The second-order valence-corrected chi connectivity index (χ2v) is 11.9. The van der Waals surface area contributed by atoms with Crippen LogP contribution in [0, 0.1) is 21.4 Å². The Hall–Kier alpha value is -3.05. The Balaban J connectivity index is 1.63. The Morgan fingerprint density at radius 2 is 1.79 bits per heavy atom. The van der Waals surface area contributed by atoms with Gasteiger partial charge in [0.15, 0.2) is 0 Å². The molecule has 0 aliphatic heterocycles. The van der Waals surface area contributed by atoms with Crippen LogP contribution in [-0.4, -0.2) is 53.1 Å². The molecule has 0 saturated carbocycles. The average Bonchev–Trinajstić information content (AvgIpc) is 2.90. The van der Waals surface area contributed by atoms with Gasteiger partial charge in [0.25, 0.3) is 5.69 Å². The summed E-state index contributed by atoms with van der Waals surface area (Å²) in [6.45, 7) is 10.1. The van der Waals surface area contributed by atoms with Crippen molar-refractivity contribution >= 4 is 41.5 Å². The fourth-order valence-corrected chi connectivity index (χ4v) is 7.16. The second-order valence-electron chi connectivity index (χ2n) is 10.1. The van der Waals surface area contributed by atoms with Crippen molar-refractivity contribution in [3.63, 3.8) is 0 Å². The van der Waals surface area contributed by atoms with Crippen LogP contribution in [0.4, 0.5) is 11.4 Å². The third-order valence-corrected chi connectivity index (χ3v) is 9.14. The third-order valence-electron chi connectivity index (χ3n) is 6.52. The van der Waals surface area contributed by atoms with Gasteiger partial charge in [0, 0.05) is 47.7 Å². The summed E-state index contributed by atoms with van der Waals surface area (Å²) < 4.78 is 14.1. The van der Waals surface area contributed by atoms with E-state index in [9.17, 15) is 10.1 Å². The molecule has 0 amide bonds. The average molecular weight is 554 g/mol. The standard InChI is InChI=1S/C29H40N5O4P/c1-21(2)33(22(3)4)39(38-17-10-15-30)18-9-7-6-8-16-31-29-25-13-11-23(34(35)36)19-28(25)32-27-14-12-24(37-5)20-26(27)29/h11-14,19-22H,6-10,16-18H2,1-5H3,(H,31,32). The van der Waals surface area contributed by atoms with Crippen molar-refractivity contribution in [2.75, 3.05) is 31.7 Å². The van der Waals surface area contributed by atoms with Gasteiger partial charge >= 0.3 is 0 Å². The van der Waals surface area contributed by atoms with Gasteiger partial charge in [-0.15, -0.1) is 0 Å². The number of hydrogen-bond acceptors (Lipinski definition) is 8. The molecule has 3 aromatic rings. The van der Waals surface area contributed by atoms with E-state index in [1.165, 1.54) is 12.1 Å². The van der Waals surface area contributed by atoms with Gasteiger partial charge in [-0.25, -0.2) is 4.98 Å². The molecule has 9 nitrogen and oxygen atoms in total. The first-order chi connectivity index (χ1) is 18.8. The molecule has 2 aromatic carbocycles. The van der Waals surface area contributed by atoms with E-state index < -0.39 is 13.2 Å². The fraction of sp³-hybridized carbons (Fsp3) is 0.517. The molecule has 0 bridgehead atoms. The molecule has 1 N–H and O–H groups in total. The van der Waals surface area contributed by atoms with Crippen molar-refractivity contribution in [1.82, 2.24) is 9.65 Å². The first kappa shape index (κ1) is 30.5. The highest BCUT2D eigenvalue weighted by molar-refractivity contribution is 7.50. The molecule has 1 unspecified atom stereocenters. The number of nitro groups is 1. The van der Waals surface area contributed by atoms with Gasteiger partial charge < -0.3 is 14.6 Å². The molecule has 0 saturated heterocycles. The van der Waals surface area contributed by atoms with E-state index in [1.54, 1.807) is 13.2 Å². The highest BCUT2D eigenvalue weighted by atomic mass is 31.2. The number of rotatable bonds is 16. The number of non-ortho nitro benzene ring substituents is 1. The highest BCUT2D eigenvalue weighted by Gasteiger charge is 2.24. The van der Waals surface area contributed by atoms with Gasteiger partial charge in [-0.05, 0) is 64.8 Å². The number of nitro benzene ring substituents is 1. The zero-order valence-corrected chi connectivity index (χ0v) is 24.5. The molecule has 210 valence electrons. The summed E-state index contributed by atoms with van der Waals surface area (Å²) in [4.78, 5) is 15.6. The Labute approximate surface area is 232 Å². The van der Waals surface area contributed by atoms with E-state index in [0.717, 1.165) is 66.1 Å². The van der Waals surface area contributed by atoms with Crippen molar-refractivity contribution in [3.8, 4) is 11.8 Å². The van der Waals surface area contributed by atoms with E-state index in [2.05, 4.69) is 48.7 Å². The van der Waals surface area contributed by atoms with Crippen LogP contribution in [0.25, 0.3) is 21.8 Å². The van der Waals surface area contributed by atoms with Gasteiger partial charge in [-0.3, -0.25) is 14.8 Å². The fourth-order valence-electron chi connectivity index (χ4n) is 4.84. The summed E-state index contributed by atoms with van der Waals surface area (Å²) in [5, 5.41) is 25.6. The summed E-state index contributed by atoms with van der Waals surface area (Å²) in [5.41, 5.74) is 2.30. The molecule has 1 aromatic heterocycles. The van der Waals surface area contributed by atoms with Crippen molar-refractivity contribution in [1.29, 1.82) is 5.26 Å². The lowest BCUT2D eigenvalue weighted by atomic mass is 10.1. The number of nitrogens with one attached hydrogen (secondary N) is 1. The van der Waals surface area contributed by atoms with Gasteiger partial charge in [-0.2, -0.15) is 5.26 Å². The number of nitrogens with zero attached hydrogens (tertiary/aromatic N) is 4. The number of anilines is 1. The molecule has 0 radical (unpaired) electrons. The lowest BCUT2D eigenvalue weighted by Crippen LogP contribution is -2.33. The summed E-state index contributed by atoms with van der Waals surface area (Å²) in [5.74, 6) is 0.735. The van der Waals surface area contributed by atoms with Crippen LogP contribution < -0.4 is 10.1 Å². The topological polar surface area (TPSA) is 114 Å². The molecule has 39 heavy (non-hydrogen) atoms. The van der Waals surface area contributed by atoms with Gasteiger partial charge in [0.1, 0.15) is 14.0 Å².